The van der Waals surface area contributed by atoms with Gasteiger partial charge >= 0.3 is 0 Å². The maximum absolute atomic E-state index is 4.60. The van der Waals surface area contributed by atoms with E-state index in [0.717, 1.165) is 17.5 Å². The van der Waals surface area contributed by atoms with Crippen LogP contribution in [0.1, 0.15) is 29.9 Å². The molecule has 3 aromatic rings. The van der Waals surface area contributed by atoms with E-state index in [4.69, 9.17) is 0 Å². The lowest BCUT2D eigenvalue weighted by Gasteiger charge is -2.15. The number of hydrogen-bond acceptors (Lipinski definition) is 3. The fourth-order valence-corrected chi connectivity index (χ4v) is 4.79. The minimum atomic E-state index is 0.698. The summed E-state index contributed by atoms with van der Waals surface area (Å²) in [6.45, 7) is 4.66. The van der Waals surface area contributed by atoms with Gasteiger partial charge < -0.3 is 5.32 Å². The molecule has 1 aliphatic heterocycles. The third-order valence-corrected chi connectivity index (χ3v) is 5.99. The number of benzene rings is 1. The number of aryl methyl sites for hydroxylation is 2. The average molecular weight is 321 g/mol. The first kappa shape index (κ1) is 14.2. The minimum absolute atomic E-state index is 0.698. The van der Waals surface area contributed by atoms with Crippen LogP contribution in [0.2, 0.25) is 0 Å². The van der Waals surface area contributed by atoms with Crippen LogP contribution in [-0.4, -0.2) is 32.7 Å². The van der Waals surface area contributed by atoms with E-state index in [0.29, 0.717) is 5.92 Å². The Labute approximate surface area is 141 Å². The van der Waals surface area contributed by atoms with Crippen LogP contribution in [0.4, 0.5) is 0 Å². The highest BCUT2D eigenvalue weighted by molar-refractivity contribution is 5.82. The second-order valence-electron chi connectivity index (χ2n) is 7.54. The van der Waals surface area contributed by atoms with E-state index in [1.54, 1.807) is 0 Å². The Balaban J connectivity index is 1.58. The van der Waals surface area contributed by atoms with Crippen molar-refractivity contribution in [3.63, 3.8) is 0 Å². The smallest absolute Gasteiger partial charge is 0.103 e. The summed E-state index contributed by atoms with van der Waals surface area (Å²) < 4.78 is 3.84. The third kappa shape index (κ3) is 2.11. The molecule has 0 radical (unpaired) electrons. The van der Waals surface area contributed by atoms with Gasteiger partial charge in [-0.05, 0) is 73.9 Å². The summed E-state index contributed by atoms with van der Waals surface area (Å²) in [5.41, 5.74) is 5.14. The van der Waals surface area contributed by atoms with Gasteiger partial charge in [0.1, 0.15) is 5.69 Å². The lowest BCUT2D eigenvalue weighted by atomic mass is 9.91. The van der Waals surface area contributed by atoms with Crippen molar-refractivity contribution >= 4 is 10.9 Å². The largest absolute Gasteiger partial charge is 0.316 e. The Hall–Kier alpha value is -2.14. The molecule has 2 fully saturated rings. The quantitative estimate of drug-likeness (QED) is 0.789. The molecule has 5 heteroatoms. The molecule has 5 rings (SSSR count). The summed E-state index contributed by atoms with van der Waals surface area (Å²) >= 11 is 0. The van der Waals surface area contributed by atoms with Gasteiger partial charge in [-0.2, -0.15) is 10.2 Å². The van der Waals surface area contributed by atoms with Crippen LogP contribution in [0, 0.1) is 18.8 Å². The van der Waals surface area contributed by atoms with Gasteiger partial charge in [0, 0.05) is 12.4 Å². The van der Waals surface area contributed by atoms with Gasteiger partial charge in [-0.25, -0.2) is 4.68 Å². The van der Waals surface area contributed by atoms with Crippen LogP contribution in [0.5, 0.6) is 0 Å². The molecule has 0 amide bonds. The minimum Gasteiger partial charge on any atom is -0.316 e. The fourth-order valence-electron chi connectivity index (χ4n) is 4.79. The van der Waals surface area contributed by atoms with Gasteiger partial charge in [0.25, 0.3) is 0 Å². The number of rotatable bonds is 2. The van der Waals surface area contributed by atoms with Gasteiger partial charge in [-0.15, -0.1) is 0 Å². The lowest BCUT2D eigenvalue weighted by molar-refractivity contribution is 0.494. The van der Waals surface area contributed by atoms with E-state index in [2.05, 4.69) is 34.6 Å². The second kappa shape index (κ2) is 5.18. The SMILES string of the molecule is Cc1cc2cnn(-c3cnn(C)c3)c2cc1C1C[C@H]2CNC[C@H]2C1. The molecule has 124 valence electrons. The van der Waals surface area contributed by atoms with E-state index in [1.807, 2.05) is 35.0 Å². The number of aromatic nitrogens is 4. The third-order valence-electron chi connectivity index (χ3n) is 5.99. The molecule has 2 aliphatic rings. The van der Waals surface area contributed by atoms with Gasteiger partial charge in [0.15, 0.2) is 0 Å². The van der Waals surface area contributed by atoms with Crippen LogP contribution in [0.15, 0.2) is 30.7 Å². The molecular weight excluding hydrogens is 298 g/mol. The molecule has 24 heavy (non-hydrogen) atoms. The van der Waals surface area contributed by atoms with E-state index in [1.165, 1.54) is 48.0 Å². The van der Waals surface area contributed by atoms with Crippen LogP contribution in [0.25, 0.3) is 16.6 Å². The van der Waals surface area contributed by atoms with Crippen molar-refractivity contribution < 1.29 is 0 Å². The van der Waals surface area contributed by atoms with Gasteiger partial charge in [-0.3, -0.25) is 4.68 Å². The first-order chi connectivity index (χ1) is 11.7. The summed E-state index contributed by atoms with van der Waals surface area (Å²) in [6.07, 6.45) is 8.50. The summed E-state index contributed by atoms with van der Waals surface area (Å²) in [5, 5.41) is 13.6. The maximum Gasteiger partial charge on any atom is 0.103 e. The van der Waals surface area contributed by atoms with Crippen molar-refractivity contribution in [1.29, 1.82) is 0 Å². The van der Waals surface area contributed by atoms with Crippen LogP contribution >= 0.6 is 0 Å². The molecule has 1 aliphatic carbocycles. The Morgan fingerprint density at radius 3 is 2.58 bits per heavy atom. The maximum atomic E-state index is 4.60. The molecule has 2 aromatic heterocycles. The predicted octanol–water partition coefficient (Wildman–Crippen LogP) is 2.78. The average Bonchev–Trinajstić information content (AvgIpc) is 3.28. The molecule has 3 heterocycles. The predicted molar refractivity (Wildman–Crippen MR) is 94.4 cm³/mol. The van der Waals surface area contributed by atoms with Crippen molar-refractivity contribution in [3.05, 3.63) is 41.9 Å². The topological polar surface area (TPSA) is 47.7 Å². The molecule has 1 N–H and O–H groups in total. The number of hydrogen-bond donors (Lipinski definition) is 1. The normalized spacial score (nSPS) is 26.3. The highest BCUT2D eigenvalue weighted by Crippen LogP contribution is 2.45. The van der Waals surface area contributed by atoms with Crippen molar-refractivity contribution in [2.24, 2.45) is 18.9 Å². The number of nitrogens with one attached hydrogen (secondary N) is 1. The summed E-state index contributed by atoms with van der Waals surface area (Å²) in [7, 11) is 1.94. The van der Waals surface area contributed by atoms with Crippen LogP contribution in [0.3, 0.4) is 0 Å². The monoisotopic (exact) mass is 321 g/mol. The number of fused-ring (bicyclic) bond motifs is 2. The summed E-state index contributed by atoms with van der Waals surface area (Å²) in [6, 6.07) is 4.68. The Morgan fingerprint density at radius 1 is 1.08 bits per heavy atom. The zero-order chi connectivity index (χ0) is 16.3. The van der Waals surface area contributed by atoms with Gasteiger partial charge in [0.05, 0.1) is 24.1 Å². The highest BCUT2D eigenvalue weighted by Gasteiger charge is 2.38. The Kier molecular flexibility index (Phi) is 3.07. The second-order valence-corrected chi connectivity index (χ2v) is 7.54. The van der Waals surface area contributed by atoms with Crippen molar-refractivity contribution in [2.45, 2.75) is 25.7 Å². The molecule has 0 spiro atoms. The molecule has 0 bridgehead atoms. The fraction of sp³-hybridized carbons (Fsp3) is 0.474. The van der Waals surface area contributed by atoms with Crippen molar-refractivity contribution in [2.75, 3.05) is 13.1 Å². The van der Waals surface area contributed by atoms with Crippen LogP contribution < -0.4 is 5.32 Å². The first-order valence-corrected chi connectivity index (χ1v) is 8.87. The van der Waals surface area contributed by atoms with Gasteiger partial charge in [-0.1, -0.05) is 0 Å². The molecule has 5 nitrogen and oxygen atoms in total. The zero-order valence-electron chi connectivity index (χ0n) is 14.2. The Morgan fingerprint density at radius 2 is 1.88 bits per heavy atom. The van der Waals surface area contributed by atoms with E-state index in [-0.39, 0.29) is 0 Å². The molecule has 1 saturated carbocycles. The lowest BCUT2D eigenvalue weighted by Crippen LogP contribution is -2.11. The summed E-state index contributed by atoms with van der Waals surface area (Å²) in [4.78, 5) is 0. The molecule has 1 saturated heterocycles. The summed E-state index contributed by atoms with van der Waals surface area (Å²) in [5.74, 6) is 2.44. The van der Waals surface area contributed by atoms with Crippen molar-refractivity contribution in [3.8, 4) is 5.69 Å². The number of nitrogens with zero attached hydrogens (tertiary/aromatic N) is 4. The van der Waals surface area contributed by atoms with E-state index < -0.39 is 0 Å². The first-order valence-electron chi connectivity index (χ1n) is 8.87. The molecule has 1 aromatic carbocycles. The highest BCUT2D eigenvalue weighted by atomic mass is 15.3. The molecular formula is C19H23N5. The van der Waals surface area contributed by atoms with E-state index >= 15 is 0 Å². The Bertz CT molecular complexity index is 894. The standard InChI is InChI=1S/C19H23N5/c1-12-3-16-9-22-24(17-10-21-23(2)11-17)19(16)6-18(12)13-4-14-7-20-8-15(14)5-13/h3,6,9-11,13-15,20H,4-5,7-8H2,1-2H3/t13?,14-,15+. The zero-order valence-corrected chi connectivity index (χ0v) is 14.2. The van der Waals surface area contributed by atoms with Crippen molar-refractivity contribution in [1.82, 2.24) is 24.9 Å². The van der Waals surface area contributed by atoms with Gasteiger partial charge in [0.2, 0.25) is 0 Å². The molecule has 3 atom stereocenters. The molecule has 1 unspecified atom stereocenters. The van der Waals surface area contributed by atoms with Crippen LogP contribution in [-0.2, 0) is 7.05 Å². The van der Waals surface area contributed by atoms with E-state index in [9.17, 15) is 0 Å².